The van der Waals surface area contributed by atoms with Crippen LogP contribution in [0.25, 0.3) is 0 Å². The Bertz CT molecular complexity index is 730. The van der Waals surface area contributed by atoms with E-state index in [1.807, 2.05) is 32.9 Å². The van der Waals surface area contributed by atoms with E-state index in [4.69, 9.17) is 9.15 Å². The highest BCUT2D eigenvalue weighted by atomic mass is 16.5. The average Bonchev–Trinajstić information content (AvgIpc) is 3.04. The predicted octanol–water partition coefficient (Wildman–Crippen LogP) is 3.77. The van der Waals surface area contributed by atoms with Gasteiger partial charge in [0.15, 0.2) is 0 Å². The lowest BCUT2D eigenvalue weighted by Crippen LogP contribution is -2.44. The third kappa shape index (κ3) is 4.67. The van der Waals surface area contributed by atoms with Gasteiger partial charge in [-0.1, -0.05) is 18.2 Å². The Morgan fingerprint density at radius 2 is 2.00 bits per heavy atom. The first-order valence-corrected chi connectivity index (χ1v) is 9.35. The molecule has 3 rings (SSSR count). The smallest absolute Gasteiger partial charge is 0.255 e. The molecule has 0 bridgehead atoms. The number of rotatable bonds is 6. The Morgan fingerprint density at radius 1 is 1.27 bits per heavy atom. The molecular weight excluding hydrogens is 328 g/mol. The molecule has 0 atom stereocenters. The number of furan rings is 1. The van der Waals surface area contributed by atoms with Gasteiger partial charge >= 0.3 is 0 Å². The number of amides is 1. The van der Waals surface area contributed by atoms with Crippen LogP contribution in [0.1, 0.15) is 48.4 Å². The van der Waals surface area contributed by atoms with Crippen LogP contribution in [-0.4, -0.2) is 36.0 Å². The van der Waals surface area contributed by atoms with E-state index in [2.05, 4.69) is 22.3 Å². The van der Waals surface area contributed by atoms with E-state index >= 15 is 0 Å². The first-order valence-electron chi connectivity index (χ1n) is 9.35. The van der Waals surface area contributed by atoms with Crippen LogP contribution in [0, 0.1) is 6.92 Å². The number of aryl methyl sites for hydroxylation is 1. The molecule has 1 aliphatic rings. The molecule has 1 N–H and O–H groups in total. The highest BCUT2D eigenvalue weighted by molar-refractivity contribution is 5.95. The summed E-state index contributed by atoms with van der Waals surface area (Å²) in [7, 11) is 0. The summed E-state index contributed by atoms with van der Waals surface area (Å²) in [4.78, 5) is 14.7. The Balaban J connectivity index is 1.51. The number of para-hydroxylation sites is 1. The van der Waals surface area contributed by atoms with Gasteiger partial charge in [0.25, 0.3) is 5.91 Å². The molecule has 0 saturated carbocycles. The summed E-state index contributed by atoms with van der Waals surface area (Å²) in [6.45, 7) is 8.72. The van der Waals surface area contributed by atoms with E-state index in [0.717, 1.165) is 38.2 Å². The number of ether oxygens (including phenoxy) is 1. The molecule has 1 aromatic heterocycles. The number of hydrogen-bond donors (Lipinski definition) is 1. The maximum absolute atomic E-state index is 12.3. The molecule has 1 fully saturated rings. The lowest BCUT2D eigenvalue weighted by Gasteiger charge is -2.32. The number of carbonyl (C=O) groups excluding carboxylic acids is 1. The highest BCUT2D eigenvalue weighted by Crippen LogP contribution is 2.23. The van der Waals surface area contributed by atoms with Crippen LogP contribution >= 0.6 is 0 Å². The van der Waals surface area contributed by atoms with Gasteiger partial charge in [-0.15, -0.1) is 0 Å². The van der Waals surface area contributed by atoms with Crippen molar-refractivity contribution >= 4 is 5.91 Å². The third-order valence-electron chi connectivity index (χ3n) is 4.76. The fraction of sp³-hybridized carbons (Fsp3) is 0.476. The monoisotopic (exact) mass is 356 g/mol. The van der Waals surface area contributed by atoms with Gasteiger partial charge in [-0.05, 0) is 45.7 Å². The van der Waals surface area contributed by atoms with Crippen molar-refractivity contribution in [2.24, 2.45) is 0 Å². The molecule has 2 aromatic rings. The summed E-state index contributed by atoms with van der Waals surface area (Å²) in [5.41, 5.74) is 1.85. The predicted molar refractivity (Wildman–Crippen MR) is 101 cm³/mol. The Hall–Kier alpha value is -2.27. The van der Waals surface area contributed by atoms with Gasteiger partial charge in [0.2, 0.25) is 0 Å². The third-order valence-corrected chi connectivity index (χ3v) is 4.76. The van der Waals surface area contributed by atoms with Crippen LogP contribution in [0.4, 0.5) is 0 Å². The SMILES string of the molecule is Cc1occc1C(=O)NC1CCN(Cc2ccccc2OC(C)C)CC1. The molecule has 5 heteroatoms. The molecule has 0 aliphatic carbocycles. The number of piperidine rings is 1. The number of nitrogens with zero attached hydrogens (tertiary/aromatic N) is 1. The zero-order valence-electron chi connectivity index (χ0n) is 15.8. The van der Waals surface area contributed by atoms with Crippen molar-refractivity contribution in [1.82, 2.24) is 10.2 Å². The molecule has 1 aliphatic heterocycles. The van der Waals surface area contributed by atoms with Gasteiger partial charge in [-0.25, -0.2) is 0 Å². The molecule has 1 aromatic carbocycles. The van der Waals surface area contributed by atoms with Gasteiger partial charge in [0.05, 0.1) is 17.9 Å². The molecule has 1 amide bonds. The number of hydrogen-bond acceptors (Lipinski definition) is 4. The van der Waals surface area contributed by atoms with Crippen LogP contribution in [0.3, 0.4) is 0 Å². The second-order valence-corrected chi connectivity index (χ2v) is 7.19. The topological polar surface area (TPSA) is 54.7 Å². The number of nitrogens with one attached hydrogen (secondary N) is 1. The minimum atomic E-state index is -0.0367. The molecule has 5 nitrogen and oxygen atoms in total. The van der Waals surface area contributed by atoms with Crippen LogP contribution in [0.15, 0.2) is 41.0 Å². The largest absolute Gasteiger partial charge is 0.491 e. The summed E-state index contributed by atoms with van der Waals surface area (Å²) in [5.74, 6) is 1.60. The molecule has 0 unspecified atom stereocenters. The lowest BCUT2D eigenvalue weighted by atomic mass is 10.0. The van der Waals surface area contributed by atoms with E-state index in [9.17, 15) is 4.79 Å². The number of likely N-dealkylation sites (tertiary alicyclic amines) is 1. The molecule has 26 heavy (non-hydrogen) atoms. The summed E-state index contributed by atoms with van der Waals surface area (Å²) < 4.78 is 11.1. The summed E-state index contributed by atoms with van der Waals surface area (Å²) in [6, 6.07) is 10.2. The molecule has 0 radical (unpaired) electrons. The normalized spacial score (nSPS) is 16.0. The van der Waals surface area contributed by atoms with Crippen LogP contribution < -0.4 is 10.1 Å². The Kier molecular flexibility index (Phi) is 5.99. The Morgan fingerprint density at radius 3 is 2.65 bits per heavy atom. The van der Waals surface area contributed by atoms with Gasteiger partial charge in [0.1, 0.15) is 11.5 Å². The van der Waals surface area contributed by atoms with Crippen molar-refractivity contribution in [1.29, 1.82) is 0 Å². The van der Waals surface area contributed by atoms with Gasteiger partial charge in [-0.2, -0.15) is 0 Å². The molecule has 1 saturated heterocycles. The van der Waals surface area contributed by atoms with Gasteiger partial charge < -0.3 is 14.5 Å². The first-order chi connectivity index (χ1) is 12.5. The maximum Gasteiger partial charge on any atom is 0.255 e. The van der Waals surface area contributed by atoms with E-state index in [-0.39, 0.29) is 18.1 Å². The van der Waals surface area contributed by atoms with Crippen molar-refractivity contribution < 1.29 is 13.9 Å². The quantitative estimate of drug-likeness (QED) is 0.856. The highest BCUT2D eigenvalue weighted by Gasteiger charge is 2.23. The van der Waals surface area contributed by atoms with Gasteiger partial charge in [0, 0.05) is 31.2 Å². The average molecular weight is 356 g/mol. The summed E-state index contributed by atoms with van der Waals surface area (Å²) in [5, 5.41) is 3.13. The molecule has 140 valence electrons. The zero-order chi connectivity index (χ0) is 18.5. The lowest BCUT2D eigenvalue weighted by molar-refractivity contribution is 0.0907. The van der Waals surface area contributed by atoms with E-state index < -0.39 is 0 Å². The van der Waals surface area contributed by atoms with E-state index in [1.165, 1.54) is 5.56 Å². The zero-order valence-corrected chi connectivity index (χ0v) is 15.8. The maximum atomic E-state index is 12.3. The van der Waals surface area contributed by atoms with Crippen molar-refractivity contribution in [2.45, 2.75) is 52.3 Å². The van der Waals surface area contributed by atoms with Crippen molar-refractivity contribution in [3.63, 3.8) is 0 Å². The summed E-state index contributed by atoms with van der Waals surface area (Å²) >= 11 is 0. The Labute approximate surface area is 155 Å². The van der Waals surface area contributed by atoms with Crippen molar-refractivity contribution in [2.75, 3.05) is 13.1 Å². The number of benzene rings is 1. The second kappa shape index (κ2) is 8.41. The van der Waals surface area contributed by atoms with Crippen molar-refractivity contribution in [3.05, 3.63) is 53.5 Å². The van der Waals surface area contributed by atoms with Crippen molar-refractivity contribution in [3.8, 4) is 5.75 Å². The van der Waals surface area contributed by atoms with E-state index in [0.29, 0.717) is 11.3 Å². The molecular formula is C21H28N2O3. The van der Waals surface area contributed by atoms with Crippen LogP contribution in [0.2, 0.25) is 0 Å². The molecule has 2 heterocycles. The fourth-order valence-electron chi connectivity index (χ4n) is 3.36. The van der Waals surface area contributed by atoms with Crippen LogP contribution in [-0.2, 0) is 6.54 Å². The first kappa shape index (κ1) is 18.5. The standard InChI is InChI=1S/C21H28N2O3/c1-15(2)26-20-7-5-4-6-17(20)14-23-11-8-18(9-12-23)22-21(24)19-10-13-25-16(19)3/h4-7,10,13,15,18H,8-9,11-12,14H2,1-3H3,(H,22,24). The summed E-state index contributed by atoms with van der Waals surface area (Å²) in [6.07, 6.45) is 3.64. The van der Waals surface area contributed by atoms with Crippen LogP contribution in [0.5, 0.6) is 5.75 Å². The minimum Gasteiger partial charge on any atom is -0.491 e. The second-order valence-electron chi connectivity index (χ2n) is 7.19. The van der Waals surface area contributed by atoms with Gasteiger partial charge in [-0.3, -0.25) is 9.69 Å². The van der Waals surface area contributed by atoms with E-state index in [1.54, 1.807) is 12.3 Å². The molecule has 0 spiro atoms. The number of carbonyl (C=O) groups is 1. The fourth-order valence-corrected chi connectivity index (χ4v) is 3.36. The minimum absolute atomic E-state index is 0.0367.